The van der Waals surface area contributed by atoms with E-state index >= 15 is 0 Å². The molecule has 0 aromatic carbocycles. The summed E-state index contributed by atoms with van der Waals surface area (Å²) in [6.07, 6.45) is -1.13. The first kappa shape index (κ1) is 68.7. The van der Waals surface area contributed by atoms with Crippen LogP contribution in [0.15, 0.2) is 12.2 Å². The standard InChI is InChI=1S/C54H98N2O21/c1-4-6-8-10-12-14-15-16-17-18-20-22-24-26-28-41(64)56-35(36(61)27-25-23-21-19-13-11-9-7-5-2)33-72-51-46(68)45(67)48(40(32-59)74-51)75-52-47(69)50(44(66)39(31-58)73-52)77-54(53(70)71)29-37(62)42(55-34(3)60)49(76-54)43(65)38(63)30-57/h25,27,35-40,42-52,57-59,61-63,65-69H,4-24,26,28-33H2,1-3H3,(H,55,60)(H,56,64)(H,70,71)/b27-25+. The number of carbonyl (C=O) groups is 3. The Morgan fingerprint density at radius 2 is 1.21 bits per heavy atom. The van der Waals surface area contributed by atoms with Gasteiger partial charge in [0.15, 0.2) is 12.6 Å². The normalized spacial score (nSPS) is 31.4. The largest absolute Gasteiger partial charge is 0.477 e. The molecule has 0 aromatic heterocycles. The lowest BCUT2D eigenvalue weighted by Crippen LogP contribution is -2.70. The number of aliphatic hydroxyl groups excluding tert-OH is 11. The summed E-state index contributed by atoms with van der Waals surface area (Å²) in [7, 11) is 0. The molecule has 23 nitrogen and oxygen atoms in total. The Morgan fingerprint density at radius 3 is 1.73 bits per heavy atom. The zero-order chi connectivity index (χ0) is 56.9. The minimum Gasteiger partial charge on any atom is -0.477 e. The Kier molecular flexibility index (Phi) is 33.5. The van der Waals surface area contributed by atoms with Gasteiger partial charge in [-0.3, -0.25) is 9.59 Å². The van der Waals surface area contributed by atoms with Crippen LogP contribution in [0.4, 0.5) is 0 Å². The number of ether oxygens (including phenoxy) is 6. The van der Waals surface area contributed by atoms with Gasteiger partial charge in [0.05, 0.1) is 50.7 Å². The van der Waals surface area contributed by atoms with Crippen LogP contribution in [0, 0.1) is 0 Å². The van der Waals surface area contributed by atoms with Crippen molar-refractivity contribution in [2.75, 3.05) is 26.4 Å². The van der Waals surface area contributed by atoms with Crippen molar-refractivity contribution in [2.24, 2.45) is 0 Å². The lowest BCUT2D eigenvalue weighted by Gasteiger charge is -2.50. The summed E-state index contributed by atoms with van der Waals surface area (Å²) >= 11 is 0. The third kappa shape index (κ3) is 22.7. The average molecular weight is 1110 g/mol. The molecular weight excluding hydrogens is 1010 g/mol. The van der Waals surface area contributed by atoms with Crippen molar-refractivity contribution in [2.45, 2.75) is 285 Å². The van der Waals surface area contributed by atoms with Crippen molar-refractivity contribution in [3.05, 3.63) is 12.2 Å². The number of carboxylic acid groups (broad SMARTS) is 1. The Balaban J connectivity index is 1.69. The van der Waals surface area contributed by atoms with Crippen molar-refractivity contribution in [3.63, 3.8) is 0 Å². The van der Waals surface area contributed by atoms with Crippen molar-refractivity contribution in [3.8, 4) is 0 Å². The van der Waals surface area contributed by atoms with E-state index in [1.54, 1.807) is 6.08 Å². The van der Waals surface area contributed by atoms with Crippen LogP contribution >= 0.6 is 0 Å². The number of nitrogens with one attached hydrogen (secondary N) is 2. The molecule has 14 N–H and O–H groups in total. The molecule has 77 heavy (non-hydrogen) atoms. The zero-order valence-corrected chi connectivity index (χ0v) is 45.8. The Bertz CT molecular complexity index is 1650. The number of hydrogen-bond donors (Lipinski definition) is 14. The number of unbranched alkanes of at least 4 members (excludes halogenated alkanes) is 20. The van der Waals surface area contributed by atoms with Crippen molar-refractivity contribution < 1.29 is 104 Å². The number of hydrogen-bond acceptors (Lipinski definition) is 20. The van der Waals surface area contributed by atoms with Gasteiger partial charge < -0.3 is 100 Å². The molecule has 0 bridgehead atoms. The summed E-state index contributed by atoms with van der Waals surface area (Å²) in [5.74, 6) is -6.14. The van der Waals surface area contributed by atoms with Crippen LogP contribution < -0.4 is 10.6 Å². The van der Waals surface area contributed by atoms with Crippen molar-refractivity contribution in [1.29, 1.82) is 0 Å². The Labute approximate surface area is 454 Å². The molecule has 3 heterocycles. The highest BCUT2D eigenvalue weighted by molar-refractivity contribution is 5.77. The van der Waals surface area contributed by atoms with E-state index in [0.717, 1.165) is 64.7 Å². The van der Waals surface area contributed by atoms with Crippen LogP contribution in [0.25, 0.3) is 0 Å². The second-order valence-corrected chi connectivity index (χ2v) is 21.2. The highest BCUT2D eigenvalue weighted by Crippen LogP contribution is 2.38. The van der Waals surface area contributed by atoms with E-state index in [2.05, 4.69) is 24.5 Å². The molecular formula is C54H98N2O21. The Morgan fingerprint density at radius 1 is 0.675 bits per heavy atom. The SMILES string of the molecule is CCCCCCCCC/C=C/C(O)C(COC1OC(CO)C(OC2OC(CO)C(O)C(OC3(C(=O)O)CC(O)C(NC(C)=O)C(C(O)C(O)CO)O3)C2O)C(O)C1O)NC(=O)CCCCCCCCCCCCCCCC. The number of amides is 2. The van der Waals surface area contributed by atoms with Gasteiger partial charge in [-0.25, -0.2) is 4.79 Å². The quantitative estimate of drug-likeness (QED) is 0.0303. The molecule has 3 fully saturated rings. The molecule has 18 unspecified atom stereocenters. The van der Waals surface area contributed by atoms with E-state index in [4.69, 9.17) is 28.4 Å². The molecule has 3 rings (SSSR count). The molecule has 0 saturated carbocycles. The summed E-state index contributed by atoms with van der Waals surface area (Å²) in [5.41, 5.74) is 0. The molecule has 3 saturated heterocycles. The molecule has 23 heteroatoms. The van der Waals surface area contributed by atoms with Gasteiger partial charge in [-0.05, 0) is 19.3 Å². The lowest BCUT2D eigenvalue weighted by atomic mass is 9.88. The van der Waals surface area contributed by atoms with Crippen LogP contribution in [0.5, 0.6) is 0 Å². The maximum Gasteiger partial charge on any atom is 0.364 e. The monoisotopic (exact) mass is 1110 g/mol. The van der Waals surface area contributed by atoms with E-state index in [1.807, 2.05) is 6.08 Å². The van der Waals surface area contributed by atoms with Crippen LogP contribution in [0.3, 0.4) is 0 Å². The fourth-order valence-electron chi connectivity index (χ4n) is 10.1. The highest BCUT2D eigenvalue weighted by atomic mass is 16.8. The second kappa shape index (κ2) is 37.5. The van der Waals surface area contributed by atoms with Gasteiger partial charge >= 0.3 is 5.97 Å². The minimum absolute atomic E-state index is 0.203. The van der Waals surface area contributed by atoms with E-state index in [9.17, 15) is 75.7 Å². The first-order valence-corrected chi connectivity index (χ1v) is 28.6. The molecule has 0 aromatic rings. The number of carboxylic acids is 1. The van der Waals surface area contributed by atoms with E-state index in [1.165, 1.54) is 70.6 Å². The molecule has 3 aliphatic rings. The average Bonchev–Trinajstić information content (AvgIpc) is 3.40. The van der Waals surface area contributed by atoms with E-state index in [-0.39, 0.29) is 12.3 Å². The maximum absolute atomic E-state index is 13.3. The fourth-order valence-corrected chi connectivity index (χ4v) is 10.1. The fraction of sp³-hybridized carbons (Fsp3) is 0.907. The van der Waals surface area contributed by atoms with Crippen LogP contribution in [-0.4, -0.2) is 215 Å². The predicted molar refractivity (Wildman–Crippen MR) is 278 cm³/mol. The number of rotatable bonds is 40. The molecule has 0 aliphatic carbocycles. The zero-order valence-electron chi connectivity index (χ0n) is 45.8. The Hall–Kier alpha value is -2.53. The van der Waals surface area contributed by atoms with Gasteiger partial charge in [0.2, 0.25) is 11.8 Å². The molecule has 2 amide bonds. The van der Waals surface area contributed by atoms with Crippen molar-refractivity contribution >= 4 is 17.8 Å². The molecule has 3 aliphatic heterocycles. The van der Waals surface area contributed by atoms with Gasteiger partial charge in [0.25, 0.3) is 5.79 Å². The summed E-state index contributed by atoms with van der Waals surface area (Å²) in [6.45, 7) is 2.04. The van der Waals surface area contributed by atoms with Gasteiger partial charge in [-0.15, -0.1) is 0 Å². The van der Waals surface area contributed by atoms with E-state index < -0.39 is 155 Å². The van der Waals surface area contributed by atoms with Gasteiger partial charge in [-0.1, -0.05) is 148 Å². The smallest absolute Gasteiger partial charge is 0.364 e. The summed E-state index contributed by atoms with van der Waals surface area (Å²) < 4.78 is 34.6. The minimum atomic E-state index is -3.08. The van der Waals surface area contributed by atoms with Crippen LogP contribution in [0.2, 0.25) is 0 Å². The van der Waals surface area contributed by atoms with Crippen molar-refractivity contribution in [1.82, 2.24) is 10.6 Å². The maximum atomic E-state index is 13.3. The molecule has 450 valence electrons. The van der Waals surface area contributed by atoms with Crippen LogP contribution in [-0.2, 0) is 42.8 Å². The predicted octanol–water partition coefficient (Wildman–Crippen LogP) is 1.21. The van der Waals surface area contributed by atoms with Gasteiger partial charge in [-0.2, -0.15) is 0 Å². The van der Waals surface area contributed by atoms with E-state index in [0.29, 0.717) is 12.8 Å². The molecule has 18 atom stereocenters. The summed E-state index contributed by atoms with van der Waals surface area (Å²) in [4.78, 5) is 38.2. The molecule has 0 radical (unpaired) electrons. The van der Waals surface area contributed by atoms with Crippen LogP contribution in [0.1, 0.15) is 175 Å². The second-order valence-electron chi connectivity index (χ2n) is 21.2. The number of allylic oxidation sites excluding steroid dienone is 1. The lowest BCUT2D eigenvalue weighted by molar-refractivity contribution is -0.386. The first-order chi connectivity index (χ1) is 36.9. The van der Waals surface area contributed by atoms with Gasteiger partial charge in [0, 0.05) is 19.8 Å². The number of aliphatic carboxylic acids is 1. The topological polar surface area (TPSA) is 373 Å². The number of carbonyl (C=O) groups excluding carboxylic acids is 2. The molecule has 0 spiro atoms. The third-order valence-corrected chi connectivity index (χ3v) is 14.7. The van der Waals surface area contributed by atoms with Gasteiger partial charge in [0.1, 0.15) is 67.1 Å². The number of aliphatic hydroxyl groups is 11. The summed E-state index contributed by atoms with van der Waals surface area (Å²) in [6, 6.07) is -2.61. The first-order valence-electron chi connectivity index (χ1n) is 28.6. The third-order valence-electron chi connectivity index (χ3n) is 14.7. The summed E-state index contributed by atoms with van der Waals surface area (Å²) in [5, 5.41) is 135. The highest BCUT2D eigenvalue weighted by Gasteiger charge is 2.60.